The molecule has 0 bridgehead atoms. The first-order chi connectivity index (χ1) is 8.79. The Bertz CT molecular complexity index is 436. The van der Waals surface area contributed by atoms with E-state index in [1.165, 1.54) is 0 Å². The second kappa shape index (κ2) is 6.19. The minimum atomic E-state index is -0.157. The summed E-state index contributed by atoms with van der Waals surface area (Å²) in [5.74, 6) is 0.620. The minimum absolute atomic E-state index is 0.0563. The molecule has 5 nitrogen and oxygen atoms in total. The van der Waals surface area contributed by atoms with E-state index in [-0.39, 0.29) is 11.4 Å². The average Bonchev–Trinajstić information content (AvgIpc) is 2.69. The Balaban J connectivity index is 2.54. The quantitative estimate of drug-likeness (QED) is 0.856. The van der Waals surface area contributed by atoms with Gasteiger partial charge in [0.1, 0.15) is 5.76 Å². The van der Waals surface area contributed by atoms with Crippen molar-refractivity contribution < 1.29 is 9.32 Å². The lowest BCUT2D eigenvalue weighted by molar-refractivity contribution is 0.0933. The molecule has 0 aromatic carbocycles. The number of aromatic nitrogens is 1. The van der Waals surface area contributed by atoms with Crippen LogP contribution in [-0.2, 0) is 6.42 Å². The maximum Gasteiger partial charge on any atom is 0.273 e. The largest absolute Gasteiger partial charge is 0.360 e. The first-order valence-corrected chi connectivity index (χ1v) is 6.70. The lowest BCUT2D eigenvalue weighted by Crippen LogP contribution is -2.41. The molecule has 1 N–H and O–H groups in total. The van der Waals surface area contributed by atoms with Crippen LogP contribution in [0.4, 0.5) is 0 Å². The molecule has 108 valence electrons. The molecular weight excluding hydrogens is 242 g/mol. The Morgan fingerprint density at radius 1 is 1.42 bits per heavy atom. The highest BCUT2D eigenvalue weighted by atomic mass is 16.5. The van der Waals surface area contributed by atoms with Crippen molar-refractivity contribution in [3.63, 3.8) is 0 Å². The van der Waals surface area contributed by atoms with Crippen LogP contribution in [0.15, 0.2) is 4.52 Å². The van der Waals surface area contributed by atoms with E-state index < -0.39 is 0 Å². The standard InChI is InChI=1S/C14H25N3O2/c1-7-11-10(2)12(16-19-11)13(18)15-9-8-14(3,4)17(5)6/h7-9H2,1-6H3,(H,15,18). The molecule has 0 saturated carbocycles. The number of aryl methyl sites for hydroxylation is 1. The number of nitrogens with one attached hydrogen (secondary N) is 1. The SMILES string of the molecule is CCc1onc(C(=O)NCCC(C)(C)N(C)C)c1C. The topological polar surface area (TPSA) is 58.4 Å². The summed E-state index contributed by atoms with van der Waals surface area (Å²) in [5, 5.41) is 6.74. The number of carbonyl (C=O) groups is 1. The number of hydrogen-bond acceptors (Lipinski definition) is 4. The van der Waals surface area contributed by atoms with Gasteiger partial charge in [0.05, 0.1) is 0 Å². The summed E-state index contributed by atoms with van der Waals surface area (Å²) in [7, 11) is 4.08. The molecule has 0 saturated heterocycles. The van der Waals surface area contributed by atoms with Gasteiger partial charge >= 0.3 is 0 Å². The molecule has 0 unspecified atom stereocenters. The van der Waals surface area contributed by atoms with Crippen molar-refractivity contribution in [2.24, 2.45) is 0 Å². The second-order valence-electron chi connectivity index (χ2n) is 5.65. The van der Waals surface area contributed by atoms with Crippen LogP contribution >= 0.6 is 0 Å². The minimum Gasteiger partial charge on any atom is -0.360 e. The Morgan fingerprint density at radius 2 is 2.05 bits per heavy atom. The summed E-state index contributed by atoms with van der Waals surface area (Å²) < 4.78 is 5.13. The highest BCUT2D eigenvalue weighted by Crippen LogP contribution is 2.15. The van der Waals surface area contributed by atoms with Crippen LogP contribution < -0.4 is 5.32 Å². The molecule has 1 heterocycles. The van der Waals surface area contributed by atoms with Crippen molar-refractivity contribution in [1.29, 1.82) is 0 Å². The van der Waals surface area contributed by atoms with Crippen LogP contribution in [0.3, 0.4) is 0 Å². The van der Waals surface area contributed by atoms with Crippen molar-refractivity contribution in [2.45, 2.75) is 46.1 Å². The zero-order valence-electron chi connectivity index (χ0n) is 12.8. The molecule has 1 aromatic heterocycles. The van der Waals surface area contributed by atoms with Crippen LogP contribution in [0.2, 0.25) is 0 Å². The molecule has 5 heteroatoms. The molecular formula is C14H25N3O2. The van der Waals surface area contributed by atoms with Gasteiger partial charge in [-0.1, -0.05) is 12.1 Å². The van der Waals surface area contributed by atoms with E-state index in [1.54, 1.807) is 0 Å². The first-order valence-electron chi connectivity index (χ1n) is 6.70. The van der Waals surface area contributed by atoms with Gasteiger partial charge < -0.3 is 14.7 Å². The number of carbonyl (C=O) groups excluding carboxylic acids is 1. The molecule has 0 atom stereocenters. The number of amides is 1. The Kier molecular flexibility index (Phi) is 5.11. The molecule has 0 radical (unpaired) electrons. The van der Waals surface area contributed by atoms with E-state index >= 15 is 0 Å². The summed E-state index contributed by atoms with van der Waals surface area (Å²) in [6.45, 7) is 8.77. The molecule has 1 rings (SSSR count). The van der Waals surface area contributed by atoms with Gasteiger partial charge in [0.25, 0.3) is 5.91 Å². The molecule has 0 spiro atoms. The first kappa shape index (κ1) is 15.7. The van der Waals surface area contributed by atoms with Gasteiger partial charge in [-0.3, -0.25) is 4.79 Å². The van der Waals surface area contributed by atoms with Crippen molar-refractivity contribution in [2.75, 3.05) is 20.6 Å². The van der Waals surface area contributed by atoms with Crippen LogP contribution in [0.1, 0.15) is 49.0 Å². The zero-order chi connectivity index (χ0) is 14.6. The summed E-state index contributed by atoms with van der Waals surface area (Å²) in [6, 6.07) is 0. The fourth-order valence-electron chi connectivity index (χ4n) is 1.70. The van der Waals surface area contributed by atoms with E-state index in [9.17, 15) is 4.79 Å². The third-order valence-corrected chi connectivity index (χ3v) is 3.79. The van der Waals surface area contributed by atoms with Gasteiger partial charge in [-0.2, -0.15) is 0 Å². The number of hydrogen-bond donors (Lipinski definition) is 1. The number of rotatable bonds is 6. The Labute approximate surface area is 115 Å². The fraction of sp³-hybridized carbons (Fsp3) is 0.714. The van der Waals surface area contributed by atoms with Crippen LogP contribution in [0.5, 0.6) is 0 Å². The van der Waals surface area contributed by atoms with Crippen molar-refractivity contribution in [3.8, 4) is 0 Å². The average molecular weight is 267 g/mol. The van der Waals surface area contributed by atoms with Crippen LogP contribution in [0.25, 0.3) is 0 Å². The van der Waals surface area contributed by atoms with Crippen molar-refractivity contribution in [1.82, 2.24) is 15.4 Å². The monoisotopic (exact) mass is 267 g/mol. The fourth-order valence-corrected chi connectivity index (χ4v) is 1.70. The van der Waals surface area contributed by atoms with Crippen molar-refractivity contribution in [3.05, 3.63) is 17.0 Å². The zero-order valence-corrected chi connectivity index (χ0v) is 12.8. The van der Waals surface area contributed by atoms with Crippen LogP contribution in [0, 0.1) is 6.92 Å². The normalized spacial score (nSPS) is 11.9. The van der Waals surface area contributed by atoms with E-state index in [4.69, 9.17) is 4.52 Å². The highest BCUT2D eigenvalue weighted by molar-refractivity contribution is 5.93. The molecule has 19 heavy (non-hydrogen) atoms. The third kappa shape index (κ3) is 3.80. The smallest absolute Gasteiger partial charge is 0.273 e. The molecule has 0 aliphatic heterocycles. The van der Waals surface area contributed by atoms with Gasteiger partial charge in [0.15, 0.2) is 5.69 Å². The maximum atomic E-state index is 12.0. The lowest BCUT2D eigenvalue weighted by Gasteiger charge is -2.32. The Morgan fingerprint density at radius 3 is 2.53 bits per heavy atom. The van der Waals surface area contributed by atoms with Gasteiger partial charge in [-0.15, -0.1) is 0 Å². The predicted octanol–water partition coefficient (Wildman–Crippen LogP) is 2.01. The molecule has 1 aromatic rings. The molecule has 0 fully saturated rings. The van der Waals surface area contributed by atoms with Gasteiger partial charge in [0, 0.05) is 24.1 Å². The molecule has 0 aliphatic rings. The van der Waals surface area contributed by atoms with E-state index in [2.05, 4.69) is 29.2 Å². The third-order valence-electron chi connectivity index (χ3n) is 3.79. The van der Waals surface area contributed by atoms with E-state index in [0.717, 1.165) is 24.2 Å². The van der Waals surface area contributed by atoms with Gasteiger partial charge in [-0.25, -0.2) is 0 Å². The lowest BCUT2D eigenvalue weighted by atomic mass is 9.99. The van der Waals surface area contributed by atoms with E-state index in [0.29, 0.717) is 12.2 Å². The summed E-state index contributed by atoms with van der Waals surface area (Å²) in [6.07, 6.45) is 1.63. The maximum absolute atomic E-state index is 12.0. The van der Waals surface area contributed by atoms with Gasteiger partial charge in [-0.05, 0) is 41.3 Å². The predicted molar refractivity (Wildman–Crippen MR) is 75.3 cm³/mol. The van der Waals surface area contributed by atoms with Crippen molar-refractivity contribution >= 4 is 5.91 Å². The van der Waals surface area contributed by atoms with E-state index in [1.807, 2.05) is 27.9 Å². The summed E-state index contributed by atoms with van der Waals surface area (Å²) in [4.78, 5) is 14.2. The number of nitrogens with zero attached hydrogens (tertiary/aromatic N) is 2. The summed E-state index contributed by atoms with van der Waals surface area (Å²) in [5.41, 5.74) is 1.30. The Hall–Kier alpha value is -1.36. The molecule has 0 aliphatic carbocycles. The molecule has 1 amide bonds. The summed E-state index contributed by atoms with van der Waals surface area (Å²) >= 11 is 0. The highest BCUT2D eigenvalue weighted by Gasteiger charge is 2.21. The van der Waals surface area contributed by atoms with Crippen LogP contribution in [-0.4, -0.2) is 42.1 Å². The second-order valence-corrected chi connectivity index (χ2v) is 5.65. The van der Waals surface area contributed by atoms with Gasteiger partial charge in [0.2, 0.25) is 0 Å².